The molecule has 2 aromatic rings. The molecule has 0 saturated heterocycles. The van der Waals surface area contributed by atoms with E-state index in [9.17, 15) is 9.18 Å². The first-order valence-electron chi connectivity index (χ1n) is 6.94. The number of aromatic nitrogens is 2. The van der Waals surface area contributed by atoms with E-state index in [-0.39, 0.29) is 5.97 Å². The van der Waals surface area contributed by atoms with E-state index >= 15 is 0 Å². The summed E-state index contributed by atoms with van der Waals surface area (Å²) >= 11 is 0. The first-order valence-corrected chi connectivity index (χ1v) is 6.94. The zero-order valence-electron chi connectivity index (χ0n) is 12.3. The van der Waals surface area contributed by atoms with Gasteiger partial charge in [0, 0.05) is 11.3 Å². The highest BCUT2D eigenvalue weighted by molar-refractivity contribution is 5.78. The molecule has 1 unspecified atom stereocenters. The summed E-state index contributed by atoms with van der Waals surface area (Å²) in [6.07, 6.45) is 3.61. The van der Waals surface area contributed by atoms with Crippen molar-refractivity contribution in [2.75, 3.05) is 12.3 Å². The highest BCUT2D eigenvalue weighted by Crippen LogP contribution is 2.27. The molecule has 0 saturated carbocycles. The Kier molecular flexibility index (Phi) is 4.93. The van der Waals surface area contributed by atoms with Crippen molar-refractivity contribution in [1.82, 2.24) is 9.97 Å². The van der Waals surface area contributed by atoms with Gasteiger partial charge in [0.2, 0.25) is 0 Å². The Labute approximate surface area is 128 Å². The van der Waals surface area contributed by atoms with Crippen LogP contribution in [0.15, 0.2) is 37.1 Å². The first-order chi connectivity index (χ1) is 10.6. The number of nitrogens with one attached hydrogen (secondary N) is 1. The second-order valence-corrected chi connectivity index (χ2v) is 4.74. The molecule has 0 spiro atoms. The molecule has 0 radical (unpaired) electrons. The number of nitrogens with two attached hydrogens (primary N) is 1. The average Bonchev–Trinajstić information content (AvgIpc) is 2.94. The van der Waals surface area contributed by atoms with Crippen molar-refractivity contribution >= 4 is 11.7 Å². The fourth-order valence-corrected chi connectivity index (χ4v) is 2.16. The van der Waals surface area contributed by atoms with E-state index in [1.54, 1.807) is 25.3 Å². The van der Waals surface area contributed by atoms with E-state index in [1.807, 2.05) is 0 Å². The first kappa shape index (κ1) is 15.8. The normalized spacial score (nSPS) is 11.9. The van der Waals surface area contributed by atoms with Crippen molar-refractivity contribution in [3.8, 4) is 11.3 Å². The van der Waals surface area contributed by atoms with Crippen LogP contribution in [0.1, 0.15) is 25.1 Å². The summed E-state index contributed by atoms with van der Waals surface area (Å²) in [6, 6.07) is 4.12. The maximum absolute atomic E-state index is 13.1. The number of hydrogen-bond acceptors (Lipinski definition) is 4. The third-order valence-electron chi connectivity index (χ3n) is 3.20. The van der Waals surface area contributed by atoms with Crippen LogP contribution in [0.3, 0.4) is 0 Å². The molecule has 6 heteroatoms. The van der Waals surface area contributed by atoms with Gasteiger partial charge in [-0.25, -0.2) is 9.37 Å². The van der Waals surface area contributed by atoms with Gasteiger partial charge in [-0.3, -0.25) is 4.79 Å². The van der Waals surface area contributed by atoms with Crippen molar-refractivity contribution in [3.63, 3.8) is 0 Å². The Hall–Kier alpha value is -2.63. The van der Waals surface area contributed by atoms with Crippen molar-refractivity contribution in [2.45, 2.75) is 19.3 Å². The number of esters is 1. The number of benzene rings is 1. The van der Waals surface area contributed by atoms with Gasteiger partial charge in [-0.2, -0.15) is 0 Å². The number of anilines is 1. The van der Waals surface area contributed by atoms with Gasteiger partial charge in [-0.05, 0) is 31.5 Å². The van der Waals surface area contributed by atoms with E-state index in [0.717, 1.165) is 0 Å². The number of nitrogens with zero attached hydrogens (tertiary/aromatic N) is 1. The highest BCUT2D eigenvalue weighted by Gasteiger charge is 2.24. The van der Waals surface area contributed by atoms with E-state index in [0.29, 0.717) is 35.8 Å². The predicted octanol–water partition coefficient (Wildman–Crippen LogP) is 3.02. The van der Waals surface area contributed by atoms with Crippen molar-refractivity contribution in [2.24, 2.45) is 0 Å². The Bertz CT molecular complexity index is 682. The van der Waals surface area contributed by atoms with E-state index < -0.39 is 11.7 Å². The number of carbonyl (C=O) groups excluding carboxylic acids is 1. The molecule has 0 aliphatic heterocycles. The van der Waals surface area contributed by atoms with E-state index in [2.05, 4.69) is 16.5 Å². The minimum Gasteiger partial charge on any atom is -0.465 e. The number of nitrogen functional groups attached to an aromatic ring is 1. The number of allylic oxidation sites excluding steroid dienone is 1. The zero-order chi connectivity index (χ0) is 16.1. The Balaban J connectivity index is 2.32. The molecule has 0 aliphatic carbocycles. The minimum atomic E-state index is -0.548. The van der Waals surface area contributed by atoms with Gasteiger partial charge in [0.25, 0.3) is 0 Å². The Morgan fingerprint density at radius 3 is 3.00 bits per heavy atom. The van der Waals surface area contributed by atoms with Crippen LogP contribution < -0.4 is 5.73 Å². The molecule has 2 rings (SSSR count). The third-order valence-corrected chi connectivity index (χ3v) is 3.20. The van der Waals surface area contributed by atoms with Gasteiger partial charge < -0.3 is 15.5 Å². The quantitative estimate of drug-likeness (QED) is 0.488. The fourth-order valence-electron chi connectivity index (χ4n) is 2.16. The summed E-state index contributed by atoms with van der Waals surface area (Å²) in [7, 11) is 0. The van der Waals surface area contributed by atoms with Crippen molar-refractivity contribution in [1.29, 1.82) is 0 Å². The summed E-state index contributed by atoms with van der Waals surface area (Å²) < 4.78 is 18.2. The lowest BCUT2D eigenvalue weighted by Crippen LogP contribution is -2.16. The molecule has 1 heterocycles. The highest BCUT2D eigenvalue weighted by atomic mass is 19.1. The fraction of sp³-hybridized carbons (Fsp3) is 0.250. The molecule has 5 nitrogen and oxygen atoms in total. The summed E-state index contributed by atoms with van der Waals surface area (Å²) in [5.74, 6) is -0.850. The van der Waals surface area contributed by atoms with Crippen molar-refractivity contribution < 1.29 is 13.9 Å². The van der Waals surface area contributed by atoms with Crippen LogP contribution in [0.5, 0.6) is 0 Å². The average molecular weight is 303 g/mol. The molecule has 22 heavy (non-hydrogen) atoms. The van der Waals surface area contributed by atoms with Crippen LogP contribution in [0.25, 0.3) is 11.3 Å². The van der Waals surface area contributed by atoms with Gasteiger partial charge in [0.1, 0.15) is 17.6 Å². The molecule has 116 valence electrons. The van der Waals surface area contributed by atoms with Crippen LogP contribution >= 0.6 is 0 Å². The van der Waals surface area contributed by atoms with Gasteiger partial charge in [-0.1, -0.05) is 6.08 Å². The number of ether oxygens (including phenoxy) is 1. The molecule has 0 fully saturated rings. The molecular weight excluding hydrogens is 285 g/mol. The maximum Gasteiger partial charge on any atom is 0.316 e. The van der Waals surface area contributed by atoms with Crippen LogP contribution in [-0.4, -0.2) is 22.5 Å². The SMILES string of the molecule is C=CCC(C(=O)OCC)c1ncc(-c2ccc(F)cc2N)[nH]1. The molecule has 0 amide bonds. The Morgan fingerprint density at radius 2 is 2.36 bits per heavy atom. The molecule has 3 N–H and O–H groups in total. The summed E-state index contributed by atoms with van der Waals surface area (Å²) in [4.78, 5) is 19.3. The minimum absolute atomic E-state index is 0.297. The molecule has 1 aromatic heterocycles. The lowest BCUT2D eigenvalue weighted by atomic mass is 10.1. The number of hydrogen-bond donors (Lipinski definition) is 2. The van der Waals surface area contributed by atoms with Gasteiger partial charge in [-0.15, -0.1) is 6.58 Å². The standard InChI is InChI=1S/C16H18FN3O2/c1-3-5-12(16(21)22-4-2)15-19-9-14(20-15)11-7-6-10(17)8-13(11)18/h3,6-9,12H,1,4-5,18H2,2H3,(H,19,20). The molecule has 0 bridgehead atoms. The smallest absolute Gasteiger partial charge is 0.316 e. The van der Waals surface area contributed by atoms with Crippen LogP contribution in [-0.2, 0) is 9.53 Å². The summed E-state index contributed by atoms with van der Waals surface area (Å²) in [5.41, 5.74) is 7.35. The monoisotopic (exact) mass is 303 g/mol. The number of carbonyl (C=O) groups is 1. The second-order valence-electron chi connectivity index (χ2n) is 4.74. The molecule has 0 aliphatic rings. The van der Waals surface area contributed by atoms with Crippen LogP contribution in [0.2, 0.25) is 0 Å². The predicted molar refractivity (Wildman–Crippen MR) is 82.6 cm³/mol. The molecule has 1 atom stereocenters. The lowest BCUT2D eigenvalue weighted by Gasteiger charge is -2.11. The maximum atomic E-state index is 13.1. The van der Waals surface area contributed by atoms with Crippen LogP contribution in [0.4, 0.5) is 10.1 Å². The largest absolute Gasteiger partial charge is 0.465 e. The zero-order valence-corrected chi connectivity index (χ0v) is 12.3. The number of rotatable bonds is 6. The van der Waals surface area contributed by atoms with E-state index in [1.165, 1.54) is 12.1 Å². The number of halogens is 1. The molecular formula is C16H18FN3O2. The number of H-pyrrole nitrogens is 1. The lowest BCUT2D eigenvalue weighted by molar-refractivity contribution is -0.145. The van der Waals surface area contributed by atoms with Gasteiger partial charge in [0.15, 0.2) is 0 Å². The van der Waals surface area contributed by atoms with Gasteiger partial charge in [0.05, 0.1) is 18.5 Å². The summed E-state index contributed by atoms with van der Waals surface area (Å²) in [6.45, 7) is 5.69. The number of aromatic amines is 1. The van der Waals surface area contributed by atoms with Crippen LogP contribution in [0, 0.1) is 5.82 Å². The number of imidazole rings is 1. The third kappa shape index (κ3) is 3.33. The van der Waals surface area contributed by atoms with Gasteiger partial charge >= 0.3 is 5.97 Å². The van der Waals surface area contributed by atoms with E-state index in [4.69, 9.17) is 10.5 Å². The second kappa shape index (κ2) is 6.89. The summed E-state index contributed by atoms with van der Waals surface area (Å²) in [5, 5.41) is 0. The Morgan fingerprint density at radius 1 is 1.59 bits per heavy atom. The van der Waals surface area contributed by atoms with Crippen molar-refractivity contribution in [3.05, 3.63) is 48.7 Å². The topological polar surface area (TPSA) is 81.0 Å². The molecule has 1 aromatic carbocycles.